The molecule has 1 heterocycles. The predicted molar refractivity (Wildman–Crippen MR) is 113 cm³/mol. The quantitative estimate of drug-likeness (QED) is 0.510. The summed E-state index contributed by atoms with van der Waals surface area (Å²) in [7, 11) is -5.18. The van der Waals surface area contributed by atoms with Gasteiger partial charge in [-0.05, 0) is 12.0 Å². The van der Waals surface area contributed by atoms with Crippen LogP contribution < -0.4 is 4.72 Å². The van der Waals surface area contributed by atoms with Gasteiger partial charge in [-0.2, -0.15) is 4.31 Å². The van der Waals surface area contributed by atoms with Crippen LogP contribution in [0.4, 0.5) is 0 Å². The van der Waals surface area contributed by atoms with Gasteiger partial charge in [0.15, 0.2) is 0 Å². The smallest absolute Gasteiger partial charge is 0.213 e. The molecule has 2 unspecified atom stereocenters. The Balaban J connectivity index is 2.10. The Hall–Kier alpha value is -1.48. The molecule has 0 saturated carbocycles. The number of hydrogen-bond acceptors (Lipinski definition) is 6. The van der Waals surface area contributed by atoms with Gasteiger partial charge in [0.1, 0.15) is 6.61 Å². The van der Waals surface area contributed by atoms with Gasteiger partial charge in [0.25, 0.3) is 0 Å². The fraction of sp³-hybridized carbons (Fsp3) is 0.579. The fourth-order valence-corrected chi connectivity index (χ4v) is 4.41. The molecule has 0 aromatic heterocycles. The van der Waals surface area contributed by atoms with Crippen LogP contribution in [0.2, 0.25) is 0 Å². The zero-order valence-electron chi connectivity index (χ0n) is 17.0. The number of ether oxygens (including phenoxy) is 1. The molecule has 1 fully saturated rings. The van der Waals surface area contributed by atoms with Crippen molar-refractivity contribution in [3.05, 3.63) is 35.9 Å². The molecule has 1 N–H and O–H groups in total. The summed E-state index contributed by atoms with van der Waals surface area (Å²) in [5.41, 5.74) is 1.12. The Labute approximate surface area is 174 Å². The number of methoxy groups -OCH3 is 1. The molecule has 0 aliphatic carbocycles. The molecule has 8 nitrogen and oxygen atoms in total. The first-order valence-electron chi connectivity index (χ1n) is 9.22. The number of sulfonamides is 2. The lowest BCUT2D eigenvalue weighted by Crippen LogP contribution is -2.63. The van der Waals surface area contributed by atoms with Gasteiger partial charge in [0.2, 0.25) is 20.0 Å². The Morgan fingerprint density at radius 2 is 1.86 bits per heavy atom. The molecule has 0 spiro atoms. The molecule has 162 valence electrons. The second kappa shape index (κ2) is 10.5. The minimum Gasteiger partial charge on any atom is -0.372 e. The summed E-state index contributed by atoms with van der Waals surface area (Å²) < 4.78 is 56.1. The van der Waals surface area contributed by atoms with E-state index in [1.165, 1.54) is 17.7 Å². The summed E-state index contributed by atoms with van der Waals surface area (Å²) >= 11 is 0. The Morgan fingerprint density at radius 3 is 2.45 bits per heavy atom. The summed E-state index contributed by atoms with van der Waals surface area (Å²) in [6.45, 7) is 1.49. The van der Waals surface area contributed by atoms with Crippen molar-refractivity contribution in [2.45, 2.75) is 12.5 Å². The van der Waals surface area contributed by atoms with Gasteiger partial charge < -0.3 is 4.74 Å². The third-order valence-corrected chi connectivity index (χ3v) is 6.66. The molecule has 1 aromatic carbocycles. The van der Waals surface area contributed by atoms with E-state index in [2.05, 4.69) is 21.5 Å². The van der Waals surface area contributed by atoms with Crippen molar-refractivity contribution in [1.29, 1.82) is 0 Å². The SMILES string of the molecule is COCC#CCN(CN1CC(CNS(C)(=O)=O)C1Cc1ccccc1)S(C)(=O)=O. The van der Waals surface area contributed by atoms with Gasteiger partial charge in [-0.3, -0.25) is 4.90 Å². The number of nitrogens with one attached hydrogen (secondary N) is 1. The van der Waals surface area contributed by atoms with Gasteiger partial charge >= 0.3 is 0 Å². The molecule has 1 aromatic rings. The van der Waals surface area contributed by atoms with E-state index in [-0.39, 0.29) is 31.8 Å². The summed E-state index contributed by atoms with van der Waals surface area (Å²) in [5.74, 6) is 5.69. The van der Waals surface area contributed by atoms with E-state index in [1.807, 2.05) is 30.3 Å². The van der Waals surface area contributed by atoms with Crippen LogP contribution in [0.15, 0.2) is 30.3 Å². The standard InChI is InChI=1S/C19H29N3O5S2/c1-27-12-8-7-11-22(29(3,25)26)16-21-15-18(14-20-28(2,23)24)19(21)13-17-9-5-4-6-10-17/h4-6,9-10,18-20H,11-16H2,1-3H3. The highest BCUT2D eigenvalue weighted by molar-refractivity contribution is 7.88. The summed E-state index contributed by atoms with van der Waals surface area (Å²) in [6, 6.07) is 9.91. The number of rotatable bonds is 10. The van der Waals surface area contributed by atoms with Crippen LogP contribution in [0.1, 0.15) is 5.56 Å². The molecular weight excluding hydrogens is 414 g/mol. The average Bonchev–Trinajstić information content (AvgIpc) is 2.62. The Morgan fingerprint density at radius 1 is 1.17 bits per heavy atom. The summed E-state index contributed by atoms with van der Waals surface area (Å²) in [6.07, 6.45) is 3.02. The van der Waals surface area contributed by atoms with Crippen molar-refractivity contribution >= 4 is 20.0 Å². The number of hydrogen-bond donors (Lipinski definition) is 1. The van der Waals surface area contributed by atoms with Crippen molar-refractivity contribution in [2.75, 3.05) is 52.5 Å². The van der Waals surface area contributed by atoms with Crippen LogP contribution in [-0.2, 0) is 31.2 Å². The Kier molecular flexibility index (Phi) is 8.63. The van der Waals surface area contributed by atoms with E-state index < -0.39 is 20.0 Å². The van der Waals surface area contributed by atoms with E-state index in [9.17, 15) is 16.8 Å². The first-order chi connectivity index (χ1) is 13.6. The largest absolute Gasteiger partial charge is 0.372 e. The molecule has 1 aliphatic rings. The van der Waals surface area contributed by atoms with Crippen molar-refractivity contribution in [2.24, 2.45) is 5.92 Å². The van der Waals surface area contributed by atoms with Crippen LogP contribution in [0.5, 0.6) is 0 Å². The maximum atomic E-state index is 12.2. The lowest BCUT2D eigenvalue weighted by atomic mass is 9.84. The van der Waals surface area contributed by atoms with Gasteiger partial charge in [-0.15, -0.1) is 0 Å². The van der Waals surface area contributed by atoms with E-state index in [0.29, 0.717) is 19.5 Å². The third kappa shape index (κ3) is 8.04. The average molecular weight is 444 g/mol. The monoisotopic (exact) mass is 443 g/mol. The fourth-order valence-electron chi connectivity index (χ4n) is 3.23. The van der Waals surface area contributed by atoms with E-state index in [0.717, 1.165) is 11.8 Å². The van der Waals surface area contributed by atoms with Crippen LogP contribution >= 0.6 is 0 Å². The van der Waals surface area contributed by atoms with E-state index in [1.54, 1.807) is 0 Å². The lowest BCUT2D eigenvalue weighted by molar-refractivity contribution is -0.00528. The van der Waals surface area contributed by atoms with Crippen molar-refractivity contribution in [3.8, 4) is 11.8 Å². The molecule has 29 heavy (non-hydrogen) atoms. The highest BCUT2D eigenvalue weighted by Gasteiger charge is 2.40. The molecule has 2 atom stereocenters. The molecular formula is C19H29N3O5S2. The van der Waals surface area contributed by atoms with Gasteiger partial charge in [-0.25, -0.2) is 21.6 Å². The summed E-state index contributed by atoms with van der Waals surface area (Å²) in [4.78, 5) is 2.06. The summed E-state index contributed by atoms with van der Waals surface area (Å²) in [5, 5.41) is 0. The number of likely N-dealkylation sites (tertiary alicyclic amines) is 1. The first-order valence-corrected chi connectivity index (χ1v) is 13.0. The normalized spacial score (nSPS) is 20.1. The number of benzene rings is 1. The van der Waals surface area contributed by atoms with Crippen LogP contribution in [0.3, 0.4) is 0 Å². The second-order valence-electron chi connectivity index (χ2n) is 7.21. The first kappa shape index (κ1) is 23.8. The van der Waals surface area contributed by atoms with Crippen LogP contribution in [0.25, 0.3) is 0 Å². The zero-order valence-corrected chi connectivity index (χ0v) is 18.7. The van der Waals surface area contributed by atoms with Gasteiger partial charge in [0.05, 0.1) is 25.7 Å². The van der Waals surface area contributed by atoms with Gasteiger partial charge in [-0.1, -0.05) is 42.2 Å². The van der Waals surface area contributed by atoms with Crippen molar-refractivity contribution < 1.29 is 21.6 Å². The third-order valence-electron chi connectivity index (χ3n) is 4.78. The highest BCUT2D eigenvalue weighted by atomic mass is 32.2. The van der Waals surface area contributed by atoms with Crippen molar-refractivity contribution in [1.82, 2.24) is 13.9 Å². The van der Waals surface area contributed by atoms with Crippen molar-refractivity contribution in [3.63, 3.8) is 0 Å². The molecule has 10 heteroatoms. The molecule has 0 bridgehead atoms. The molecule has 0 radical (unpaired) electrons. The van der Waals surface area contributed by atoms with Crippen LogP contribution in [-0.4, -0.2) is 84.6 Å². The highest BCUT2D eigenvalue weighted by Crippen LogP contribution is 2.28. The zero-order chi connectivity index (χ0) is 21.5. The molecule has 1 saturated heterocycles. The number of nitrogens with zero attached hydrogens (tertiary/aromatic N) is 2. The minimum atomic E-state index is -3.44. The van der Waals surface area contributed by atoms with E-state index in [4.69, 9.17) is 4.74 Å². The topological polar surface area (TPSA) is 96.0 Å². The Bertz CT molecular complexity index is 924. The van der Waals surface area contributed by atoms with E-state index >= 15 is 0 Å². The lowest BCUT2D eigenvalue weighted by Gasteiger charge is -2.49. The maximum absolute atomic E-state index is 12.2. The second-order valence-corrected chi connectivity index (χ2v) is 11.0. The molecule has 1 aliphatic heterocycles. The van der Waals surface area contributed by atoms with Gasteiger partial charge in [0, 0.05) is 32.2 Å². The van der Waals surface area contributed by atoms with Crippen LogP contribution in [0, 0.1) is 17.8 Å². The predicted octanol–water partition coefficient (Wildman–Crippen LogP) is -0.0524. The molecule has 0 amide bonds. The maximum Gasteiger partial charge on any atom is 0.213 e. The molecule has 2 rings (SSSR count). The minimum absolute atomic E-state index is 0.0304.